The van der Waals surface area contributed by atoms with E-state index in [1.54, 1.807) is 4.90 Å². The van der Waals surface area contributed by atoms with Crippen molar-refractivity contribution in [1.82, 2.24) is 4.90 Å². The molecule has 1 unspecified atom stereocenters. The van der Waals surface area contributed by atoms with Gasteiger partial charge in [0.05, 0.1) is 0 Å². The maximum absolute atomic E-state index is 12.6. The van der Waals surface area contributed by atoms with Crippen molar-refractivity contribution in [3.63, 3.8) is 0 Å². The molecule has 0 fully saturated rings. The van der Waals surface area contributed by atoms with Gasteiger partial charge in [0, 0.05) is 11.6 Å². The number of carbonyl (C=O) groups is 1. The number of hydrogen-bond donors (Lipinski definition) is 1. The van der Waals surface area contributed by atoms with Crippen molar-refractivity contribution in [2.24, 2.45) is 16.6 Å². The van der Waals surface area contributed by atoms with E-state index < -0.39 is 5.54 Å². The second-order valence-corrected chi connectivity index (χ2v) is 6.61. The second kappa shape index (κ2) is 6.06. The highest BCUT2D eigenvalue weighted by molar-refractivity contribution is 6.30. The van der Waals surface area contributed by atoms with Crippen LogP contribution in [0.2, 0.25) is 5.02 Å². The van der Waals surface area contributed by atoms with Gasteiger partial charge in [-0.3, -0.25) is 9.69 Å². The number of aliphatic imine (C=N–C) groups is 1. The summed E-state index contributed by atoms with van der Waals surface area (Å²) in [5, 5.41) is 0.710. The molecular formula is C16H22ClN3O. The summed E-state index contributed by atoms with van der Waals surface area (Å²) in [5.41, 5.74) is 6.36. The molecule has 0 bridgehead atoms. The Bertz CT molecular complexity index is 553. The summed E-state index contributed by atoms with van der Waals surface area (Å²) in [5.74, 6) is 0.728. The molecule has 1 aliphatic rings. The molecule has 1 amide bonds. The van der Waals surface area contributed by atoms with Crippen LogP contribution in [-0.2, 0) is 11.2 Å². The van der Waals surface area contributed by atoms with Crippen molar-refractivity contribution in [1.29, 1.82) is 0 Å². The third-order valence-corrected chi connectivity index (χ3v) is 3.94. The first-order valence-electron chi connectivity index (χ1n) is 7.23. The van der Waals surface area contributed by atoms with Crippen LogP contribution in [0.5, 0.6) is 0 Å². The van der Waals surface area contributed by atoms with Gasteiger partial charge in [-0.2, -0.15) is 0 Å². The lowest BCUT2D eigenvalue weighted by Gasteiger charge is -2.23. The number of amides is 1. The number of benzene rings is 1. The van der Waals surface area contributed by atoms with E-state index in [9.17, 15) is 4.79 Å². The van der Waals surface area contributed by atoms with Crippen LogP contribution in [0.25, 0.3) is 0 Å². The van der Waals surface area contributed by atoms with Crippen LogP contribution in [0, 0.1) is 5.92 Å². The van der Waals surface area contributed by atoms with E-state index in [1.807, 2.05) is 31.2 Å². The first-order chi connectivity index (χ1) is 9.82. The number of nitrogens with zero attached hydrogens (tertiary/aromatic N) is 2. The van der Waals surface area contributed by atoms with Crippen LogP contribution in [0.3, 0.4) is 0 Å². The largest absolute Gasteiger partial charge is 0.369 e. The Labute approximate surface area is 131 Å². The third kappa shape index (κ3) is 3.56. The van der Waals surface area contributed by atoms with E-state index in [0.29, 0.717) is 29.9 Å². The SMILES string of the molecule is CC(C)CC1(C)N=C(N)N(CCc2ccc(Cl)cc2)C1=O. The summed E-state index contributed by atoms with van der Waals surface area (Å²) in [4.78, 5) is 18.6. The van der Waals surface area contributed by atoms with Crippen LogP contribution >= 0.6 is 11.6 Å². The Kier molecular flexibility index (Phi) is 4.57. The molecule has 1 atom stereocenters. The lowest BCUT2D eigenvalue weighted by atomic mass is 9.91. The lowest BCUT2D eigenvalue weighted by Crippen LogP contribution is -2.44. The minimum Gasteiger partial charge on any atom is -0.369 e. The zero-order chi connectivity index (χ0) is 15.6. The maximum atomic E-state index is 12.6. The molecule has 4 nitrogen and oxygen atoms in total. The van der Waals surface area contributed by atoms with Gasteiger partial charge in [0.1, 0.15) is 5.54 Å². The molecule has 21 heavy (non-hydrogen) atoms. The van der Waals surface area contributed by atoms with E-state index in [-0.39, 0.29) is 5.91 Å². The molecule has 114 valence electrons. The van der Waals surface area contributed by atoms with Crippen molar-refractivity contribution in [2.75, 3.05) is 6.54 Å². The number of hydrogen-bond acceptors (Lipinski definition) is 3. The standard InChI is InChI=1S/C16H22ClN3O/c1-11(2)10-16(3)14(21)20(15(18)19-16)9-8-12-4-6-13(17)7-5-12/h4-7,11H,8-10H2,1-3H3,(H2,18,19). The first-order valence-corrected chi connectivity index (χ1v) is 7.61. The number of rotatable bonds is 5. The molecule has 0 aromatic heterocycles. The molecule has 1 heterocycles. The van der Waals surface area contributed by atoms with E-state index in [2.05, 4.69) is 18.8 Å². The van der Waals surface area contributed by atoms with E-state index in [1.165, 1.54) is 0 Å². The zero-order valence-electron chi connectivity index (χ0n) is 12.8. The van der Waals surface area contributed by atoms with Gasteiger partial charge in [0.25, 0.3) is 5.91 Å². The number of halogens is 1. The van der Waals surface area contributed by atoms with Crippen LogP contribution in [-0.4, -0.2) is 28.9 Å². The summed E-state index contributed by atoms with van der Waals surface area (Å²) in [6, 6.07) is 7.62. The fraction of sp³-hybridized carbons (Fsp3) is 0.500. The Morgan fingerprint density at radius 1 is 1.33 bits per heavy atom. The van der Waals surface area contributed by atoms with Gasteiger partial charge in [-0.1, -0.05) is 37.6 Å². The quantitative estimate of drug-likeness (QED) is 0.909. The van der Waals surface area contributed by atoms with E-state index in [4.69, 9.17) is 17.3 Å². The molecule has 1 aromatic carbocycles. The van der Waals surface area contributed by atoms with E-state index >= 15 is 0 Å². The van der Waals surface area contributed by atoms with E-state index in [0.717, 1.165) is 12.0 Å². The topological polar surface area (TPSA) is 58.7 Å². The average molecular weight is 308 g/mol. The maximum Gasteiger partial charge on any atom is 0.257 e. The Morgan fingerprint density at radius 3 is 2.52 bits per heavy atom. The van der Waals surface area contributed by atoms with Gasteiger partial charge in [0.2, 0.25) is 0 Å². The van der Waals surface area contributed by atoms with Crippen molar-refractivity contribution in [3.05, 3.63) is 34.9 Å². The molecule has 2 rings (SSSR count). The Morgan fingerprint density at radius 2 is 1.95 bits per heavy atom. The summed E-state index contributed by atoms with van der Waals surface area (Å²) in [6.45, 7) is 6.58. The van der Waals surface area contributed by atoms with Crippen molar-refractivity contribution in [2.45, 2.75) is 39.2 Å². The minimum atomic E-state index is -0.710. The van der Waals surface area contributed by atoms with Crippen molar-refractivity contribution >= 4 is 23.5 Å². The van der Waals surface area contributed by atoms with Crippen molar-refractivity contribution < 1.29 is 4.79 Å². The average Bonchev–Trinajstić information content (AvgIpc) is 2.59. The van der Waals surface area contributed by atoms with Gasteiger partial charge in [-0.25, -0.2) is 4.99 Å². The first kappa shape index (κ1) is 15.8. The highest BCUT2D eigenvalue weighted by Gasteiger charge is 2.43. The summed E-state index contributed by atoms with van der Waals surface area (Å²) in [7, 11) is 0. The Balaban J connectivity index is 2.03. The molecule has 0 spiro atoms. The van der Waals surface area contributed by atoms with Gasteiger partial charge in [-0.15, -0.1) is 0 Å². The minimum absolute atomic E-state index is 0.00247. The number of nitrogens with two attached hydrogens (primary N) is 1. The number of guanidine groups is 1. The smallest absolute Gasteiger partial charge is 0.257 e. The van der Waals surface area contributed by atoms with Crippen LogP contribution in [0.4, 0.5) is 0 Å². The van der Waals surface area contributed by atoms with Crippen LogP contribution in [0.15, 0.2) is 29.3 Å². The van der Waals surface area contributed by atoms with Gasteiger partial charge in [0.15, 0.2) is 5.96 Å². The molecule has 0 saturated heterocycles. The predicted molar refractivity (Wildman–Crippen MR) is 86.4 cm³/mol. The van der Waals surface area contributed by atoms with Crippen molar-refractivity contribution in [3.8, 4) is 0 Å². The molecule has 1 aliphatic heterocycles. The van der Waals surface area contributed by atoms with Gasteiger partial charge < -0.3 is 5.73 Å². The molecule has 0 aliphatic carbocycles. The fourth-order valence-corrected chi connectivity index (χ4v) is 2.92. The molecule has 2 N–H and O–H groups in total. The molecule has 0 radical (unpaired) electrons. The lowest BCUT2D eigenvalue weighted by molar-refractivity contribution is -0.131. The predicted octanol–water partition coefficient (Wildman–Crippen LogP) is 2.84. The fourth-order valence-electron chi connectivity index (χ4n) is 2.79. The highest BCUT2D eigenvalue weighted by atomic mass is 35.5. The molecule has 0 saturated carbocycles. The third-order valence-electron chi connectivity index (χ3n) is 3.69. The molecule has 1 aromatic rings. The second-order valence-electron chi connectivity index (χ2n) is 6.18. The summed E-state index contributed by atoms with van der Waals surface area (Å²) in [6.07, 6.45) is 1.45. The highest BCUT2D eigenvalue weighted by Crippen LogP contribution is 2.28. The van der Waals surface area contributed by atoms with Crippen LogP contribution in [0.1, 0.15) is 32.8 Å². The van der Waals surface area contributed by atoms with Gasteiger partial charge in [-0.05, 0) is 43.4 Å². The monoisotopic (exact) mass is 307 g/mol. The van der Waals surface area contributed by atoms with Gasteiger partial charge >= 0.3 is 0 Å². The molecular weight excluding hydrogens is 286 g/mol. The Hall–Kier alpha value is -1.55. The summed E-state index contributed by atoms with van der Waals surface area (Å²) >= 11 is 5.87. The summed E-state index contributed by atoms with van der Waals surface area (Å²) < 4.78 is 0. The normalized spacial score (nSPS) is 22.0. The zero-order valence-corrected chi connectivity index (χ0v) is 13.5. The number of carbonyl (C=O) groups excluding carboxylic acids is 1. The molecule has 5 heteroatoms. The van der Waals surface area contributed by atoms with Crippen LogP contribution < -0.4 is 5.73 Å².